The normalized spacial score (nSPS) is 10.6. The second kappa shape index (κ2) is 6.02. The summed E-state index contributed by atoms with van der Waals surface area (Å²) in [6.45, 7) is 0.692. The lowest BCUT2D eigenvalue weighted by atomic mass is 10.1. The molecule has 0 unspecified atom stereocenters. The Labute approximate surface area is 128 Å². The molecule has 106 valence electrons. The average molecular weight is 299 g/mol. The molecule has 0 aliphatic heterocycles. The highest BCUT2D eigenvalue weighted by Crippen LogP contribution is 2.27. The zero-order chi connectivity index (χ0) is 14.7. The molecule has 3 rings (SSSR count). The molecular weight excluding hydrogens is 284 g/mol. The smallest absolute Gasteiger partial charge is 0.121 e. The Morgan fingerprint density at radius 2 is 2.05 bits per heavy atom. The highest BCUT2D eigenvalue weighted by molar-refractivity contribution is 6.33. The van der Waals surface area contributed by atoms with Crippen LogP contribution in [0.1, 0.15) is 5.56 Å². The number of benzene rings is 2. The maximum atomic E-state index is 6.19. The van der Waals surface area contributed by atoms with Gasteiger partial charge in [0, 0.05) is 24.2 Å². The third-order valence-electron chi connectivity index (χ3n) is 3.32. The van der Waals surface area contributed by atoms with E-state index in [4.69, 9.17) is 16.3 Å². The van der Waals surface area contributed by atoms with E-state index < -0.39 is 0 Å². The minimum absolute atomic E-state index is 0.679. The van der Waals surface area contributed by atoms with Crippen LogP contribution in [0.4, 0.5) is 5.69 Å². The van der Waals surface area contributed by atoms with Crippen LogP contribution >= 0.6 is 11.6 Å². The number of aromatic nitrogens is 1. The molecule has 0 saturated carbocycles. The molecule has 0 radical (unpaired) electrons. The number of nitrogens with zero attached hydrogens (tertiary/aromatic N) is 1. The summed E-state index contributed by atoms with van der Waals surface area (Å²) >= 11 is 6.19. The van der Waals surface area contributed by atoms with Crippen LogP contribution in [0.3, 0.4) is 0 Å². The lowest BCUT2D eigenvalue weighted by Crippen LogP contribution is -2.00. The molecule has 21 heavy (non-hydrogen) atoms. The van der Waals surface area contributed by atoms with Gasteiger partial charge in [-0.05, 0) is 35.9 Å². The predicted octanol–water partition coefficient (Wildman–Crippen LogP) is 4.51. The summed E-state index contributed by atoms with van der Waals surface area (Å²) < 4.78 is 5.21. The van der Waals surface area contributed by atoms with Gasteiger partial charge in [-0.1, -0.05) is 23.7 Å². The lowest BCUT2D eigenvalue weighted by Gasteiger charge is -2.10. The molecule has 0 fully saturated rings. The van der Waals surface area contributed by atoms with Crippen LogP contribution in [-0.4, -0.2) is 12.1 Å². The molecule has 0 saturated heterocycles. The van der Waals surface area contributed by atoms with Crippen LogP contribution in [-0.2, 0) is 6.54 Å². The second-order valence-corrected chi connectivity index (χ2v) is 5.14. The van der Waals surface area contributed by atoms with Crippen molar-refractivity contribution in [3.8, 4) is 5.75 Å². The summed E-state index contributed by atoms with van der Waals surface area (Å²) in [5.41, 5.74) is 3.04. The van der Waals surface area contributed by atoms with Crippen molar-refractivity contribution in [2.75, 3.05) is 12.4 Å². The first-order chi connectivity index (χ1) is 10.3. The molecular formula is C17H15ClN2O. The third kappa shape index (κ3) is 3.09. The minimum atomic E-state index is 0.679. The summed E-state index contributed by atoms with van der Waals surface area (Å²) in [6, 6.07) is 15.8. The zero-order valence-electron chi connectivity index (χ0n) is 11.6. The number of nitrogens with one attached hydrogen (secondary N) is 1. The Hall–Kier alpha value is -2.26. The first-order valence-electron chi connectivity index (χ1n) is 6.67. The molecule has 0 aliphatic rings. The standard InChI is InChI=1S/C17H15ClN2O/c1-21-14-5-6-15(18)17(10-14)20-11-12-4-7-16-13(9-12)3-2-8-19-16/h2-10,20H,11H2,1H3. The Morgan fingerprint density at radius 1 is 1.14 bits per heavy atom. The van der Waals surface area contributed by atoms with Crippen LogP contribution < -0.4 is 10.1 Å². The zero-order valence-corrected chi connectivity index (χ0v) is 12.4. The summed E-state index contributed by atoms with van der Waals surface area (Å²) in [4.78, 5) is 4.32. The van der Waals surface area contributed by atoms with Gasteiger partial charge in [0.1, 0.15) is 5.75 Å². The van der Waals surface area contributed by atoms with Crippen molar-refractivity contribution < 1.29 is 4.74 Å². The van der Waals surface area contributed by atoms with E-state index in [1.807, 2.05) is 30.3 Å². The van der Waals surface area contributed by atoms with E-state index in [1.54, 1.807) is 13.3 Å². The molecule has 4 heteroatoms. The van der Waals surface area contributed by atoms with E-state index in [9.17, 15) is 0 Å². The van der Waals surface area contributed by atoms with E-state index in [0.717, 1.165) is 22.3 Å². The van der Waals surface area contributed by atoms with Gasteiger partial charge in [0.25, 0.3) is 0 Å². The van der Waals surface area contributed by atoms with E-state index in [1.165, 1.54) is 5.56 Å². The van der Waals surface area contributed by atoms with Gasteiger partial charge >= 0.3 is 0 Å². The average Bonchev–Trinajstić information content (AvgIpc) is 2.54. The Bertz CT molecular complexity index is 774. The molecule has 0 aliphatic carbocycles. The van der Waals surface area contributed by atoms with Crippen LogP contribution in [0.15, 0.2) is 54.7 Å². The Kier molecular flexibility index (Phi) is 3.93. The van der Waals surface area contributed by atoms with E-state index in [0.29, 0.717) is 11.6 Å². The monoisotopic (exact) mass is 298 g/mol. The topological polar surface area (TPSA) is 34.1 Å². The van der Waals surface area contributed by atoms with Crippen LogP contribution in [0.25, 0.3) is 10.9 Å². The highest BCUT2D eigenvalue weighted by Gasteiger charge is 2.03. The number of methoxy groups -OCH3 is 1. The lowest BCUT2D eigenvalue weighted by molar-refractivity contribution is 0.415. The fourth-order valence-electron chi connectivity index (χ4n) is 2.20. The first kappa shape index (κ1) is 13.7. The summed E-state index contributed by atoms with van der Waals surface area (Å²) in [5.74, 6) is 0.782. The number of ether oxygens (including phenoxy) is 1. The van der Waals surface area contributed by atoms with Gasteiger partial charge in [-0.3, -0.25) is 4.98 Å². The van der Waals surface area contributed by atoms with Crippen molar-refractivity contribution in [2.24, 2.45) is 0 Å². The fourth-order valence-corrected chi connectivity index (χ4v) is 2.38. The van der Waals surface area contributed by atoms with Gasteiger partial charge in [-0.15, -0.1) is 0 Å². The van der Waals surface area contributed by atoms with Gasteiger partial charge in [-0.2, -0.15) is 0 Å². The van der Waals surface area contributed by atoms with Crippen LogP contribution in [0, 0.1) is 0 Å². The highest BCUT2D eigenvalue weighted by atomic mass is 35.5. The van der Waals surface area contributed by atoms with E-state index in [-0.39, 0.29) is 0 Å². The number of fused-ring (bicyclic) bond motifs is 1. The summed E-state index contributed by atoms with van der Waals surface area (Å²) in [5, 5.41) is 5.15. The predicted molar refractivity (Wildman–Crippen MR) is 87.1 cm³/mol. The van der Waals surface area contributed by atoms with Gasteiger partial charge in [-0.25, -0.2) is 0 Å². The molecule has 0 amide bonds. The quantitative estimate of drug-likeness (QED) is 0.769. The van der Waals surface area contributed by atoms with Crippen molar-refractivity contribution in [2.45, 2.75) is 6.54 Å². The SMILES string of the molecule is COc1ccc(Cl)c(NCc2ccc3ncccc3c2)c1. The molecule has 1 aromatic heterocycles. The molecule has 3 aromatic rings. The number of hydrogen-bond acceptors (Lipinski definition) is 3. The Balaban J connectivity index is 1.80. The van der Waals surface area contributed by atoms with Crippen molar-refractivity contribution in [1.82, 2.24) is 4.98 Å². The number of hydrogen-bond donors (Lipinski definition) is 1. The molecule has 0 atom stereocenters. The molecule has 0 bridgehead atoms. The first-order valence-corrected chi connectivity index (χ1v) is 7.05. The van der Waals surface area contributed by atoms with Crippen molar-refractivity contribution in [1.29, 1.82) is 0 Å². The molecule has 3 nitrogen and oxygen atoms in total. The minimum Gasteiger partial charge on any atom is -0.497 e. The van der Waals surface area contributed by atoms with Crippen molar-refractivity contribution >= 4 is 28.2 Å². The number of pyridine rings is 1. The molecule has 1 heterocycles. The van der Waals surface area contributed by atoms with Gasteiger partial charge in [0.05, 0.1) is 23.3 Å². The summed E-state index contributed by atoms with van der Waals surface area (Å²) in [6.07, 6.45) is 1.80. The van der Waals surface area contributed by atoms with Gasteiger partial charge in [0.2, 0.25) is 0 Å². The van der Waals surface area contributed by atoms with Crippen LogP contribution in [0.2, 0.25) is 5.02 Å². The van der Waals surface area contributed by atoms with Gasteiger partial charge < -0.3 is 10.1 Å². The fraction of sp³-hybridized carbons (Fsp3) is 0.118. The maximum absolute atomic E-state index is 6.19. The molecule has 1 N–H and O–H groups in total. The molecule has 0 spiro atoms. The maximum Gasteiger partial charge on any atom is 0.121 e. The van der Waals surface area contributed by atoms with Crippen molar-refractivity contribution in [3.63, 3.8) is 0 Å². The number of halogens is 1. The summed E-state index contributed by atoms with van der Waals surface area (Å²) in [7, 11) is 1.64. The molecule has 2 aromatic carbocycles. The number of anilines is 1. The van der Waals surface area contributed by atoms with E-state index >= 15 is 0 Å². The van der Waals surface area contributed by atoms with Gasteiger partial charge in [0.15, 0.2) is 0 Å². The van der Waals surface area contributed by atoms with Crippen LogP contribution in [0.5, 0.6) is 5.75 Å². The second-order valence-electron chi connectivity index (χ2n) is 4.73. The van der Waals surface area contributed by atoms with Crippen molar-refractivity contribution in [3.05, 3.63) is 65.3 Å². The Morgan fingerprint density at radius 3 is 2.90 bits per heavy atom. The van der Waals surface area contributed by atoms with E-state index in [2.05, 4.69) is 28.5 Å². The largest absolute Gasteiger partial charge is 0.497 e. The number of rotatable bonds is 4. The third-order valence-corrected chi connectivity index (χ3v) is 3.65.